The monoisotopic (exact) mass is 364 g/mol. The summed E-state index contributed by atoms with van der Waals surface area (Å²) >= 11 is 0. The highest BCUT2D eigenvalue weighted by Gasteiger charge is 2.19. The summed E-state index contributed by atoms with van der Waals surface area (Å²) in [6.45, 7) is 1.05. The number of ether oxygens (including phenoxy) is 2. The number of anilines is 1. The van der Waals surface area contributed by atoms with Crippen LogP contribution in [0, 0.1) is 0 Å². The van der Waals surface area contributed by atoms with Crippen LogP contribution < -0.4 is 19.1 Å². The van der Waals surface area contributed by atoms with Crippen LogP contribution in [0.15, 0.2) is 35.4 Å². The molecule has 25 heavy (non-hydrogen) atoms. The Morgan fingerprint density at radius 1 is 1.16 bits per heavy atom. The van der Waals surface area contributed by atoms with E-state index < -0.39 is 10.0 Å². The minimum absolute atomic E-state index is 0.00153. The number of benzene rings is 1. The number of hydrogen-bond acceptors (Lipinski definition) is 7. The number of hydrogen-bond donors (Lipinski definition) is 1. The third-order valence-corrected chi connectivity index (χ3v) is 5.00. The molecule has 1 N–H and O–H groups in total. The summed E-state index contributed by atoms with van der Waals surface area (Å²) in [5.74, 6) is 2.09. The van der Waals surface area contributed by atoms with Crippen molar-refractivity contribution in [2.75, 3.05) is 32.2 Å². The van der Waals surface area contributed by atoms with Gasteiger partial charge in [-0.3, -0.25) is 0 Å². The number of rotatable bonds is 5. The molecular formula is C16H20N4O4S. The highest BCUT2D eigenvalue weighted by atomic mass is 32.2. The molecule has 0 bridgehead atoms. The molecule has 1 aliphatic rings. The lowest BCUT2D eigenvalue weighted by Crippen LogP contribution is -2.25. The van der Waals surface area contributed by atoms with Gasteiger partial charge in [0.05, 0.1) is 24.7 Å². The lowest BCUT2D eigenvalue weighted by molar-refractivity contribution is 0.297. The molecule has 0 atom stereocenters. The molecule has 0 fully saturated rings. The molecule has 8 nitrogen and oxygen atoms in total. The molecule has 2 heterocycles. The summed E-state index contributed by atoms with van der Waals surface area (Å²) in [6.07, 6.45) is 2.36. The summed E-state index contributed by atoms with van der Waals surface area (Å²) in [5, 5.41) is 0. The first kappa shape index (κ1) is 17.4. The molecule has 0 spiro atoms. The van der Waals surface area contributed by atoms with Gasteiger partial charge in [-0.2, -0.15) is 0 Å². The zero-order valence-corrected chi connectivity index (χ0v) is 14.9. The van der Waals surface area contributed by atoms with Crippen LogP contribution in [0.25, 0.3) is 0 Å². The van der Waals surface area contributed by atoms with Crippen molar-refractivity contribution in [3.8, 4) is 11.5 Å². The summed E-state index contributed by atoms with van der Waals surface area (Å²) in [7, 11) is -0.00572. The average molecular weight is 364 g/mol. The Bertz CT molecular complexity index is 855. The van der Waals surface area contributed by atoms with Gasteiger partial charge in [0.2, 0.25) is 10.0 Å². The average Bonchev–Trinajstić information content (AvgIpc) is 2.85. The van der Waals surface area contributed by atoms with Gasteiger partial charge in [-0.1, -0.05) is 0 Å². The molecule has 2 aromatic rings. The maximum absolute atomic E-state index is 12.5. The van der Waals surface area contributed by atoms with Crippen LogP contribution in [-0.2, 0) is 16.6 Å². The molecule has 1 aliphatic heterocycles. The number of aromatic nitrogens is 2. The first-order valence-electron chi connectivity index (χ1n) is 7.84. The summed E-state index contributed by atoms with van der Waals surface area (Å²) in [6, 6.07) is 6.33. The van der Waals surface area contributed by atoms with E-state index in [1.165, 1.54) is 12.1 Å². The number of nitrogens with one attached hydrogen (secondary N) is 1. The van der Waals surface area contributed by atoms with Gasteiger partial charge in [0.1, 0.15) is 11.6 Å². The third kappa shape index (κ3) is 4.18. The standard InChI is InChI=1S/C16H20N4O4S/c1-20(2)16-6-7-17-15(19-16)11-18-25(21,22)12-4-5-13-14(10-12)24-9-3-8-23-13/h4-7,10,18H,3,8-9,11H2,1-2H3. The Hall–Kier alpha value is -2.39. The number of nitrogens with zero attached hydrogens (tertiary/aromatic N) is 3. The molecule has 0 radical (unpaired) electrons. The number of sulfonamides is 1. The van der Waals surface area contributed by atoms with E-state index in [1.807, 2.05) is 19.0 Å². The zero-order chi connectivity index (χ0) is 17.9. The van der Waals surface area contributed by atoms with Gasteiger partial charge in [-0.05, 0) is 18.2 Å². The molecule has 1 aromatic heterocycles. The molecule has 134 valence electrons. The quantitative estimate of drug-likeness (QED) is 0.851. The lowest BCUT2D eigenvalue weighted by atomic mass is 10.3. The third-order valence-electron chi connectivity index (χ3n) is 3.60. The van der Waals surface area contributed by atoms with Crippen LogP contribution in [0.4, 0.5) is 5.82 Å². The van der Waals surface area contributed by atoms with Crippen LogP contribution in [0.5, 0.6) is 11.5 Å². The van der Waals surface area contributed by atoms with Crippen molar-refractivity contribution in [3.63, 3.8) is 0 Å². The fourth-order valence-electron chi connectivity index (χ4n) is 2.28. The van der Waals surface area contributed by atoms with Gasteiger partial charge in [0.25, 0.3) is 0 Å². The molecular weight excluding hydrogens is 344 g/mol. The highest BCUT2D eigenvalue weighted by molar-refractivity contribution is 7.89. The van der Waals surface area contributed by atoms with Gasteiger partial charge in [-0.15, -0.1) is 0 Å². The Labute approximate surface area is 146 Å². The first-order valence-corrected chi connectivity index (χ1v) is 9.32. The van der Waals surface area contributed by atoms with Crippen LogP contribution in [-0.4, -0.2) is 45.7 Å². The SMILES string of the molecule is CN(C)c1ccnc(CNS(=O)(=O)c2ccc3c(c2)OCCCO3)n1. The second-order valence-corrected chi connectivity index (χ2v) is 7.48. The van der Waals surface area contributed by atoms with Gasteiger partial charge in [-0.25, -0.2) is 23.1 Å². The fraction of sp³-hybridized carbons (Fsp3) is 0.375. The second kappa shape index (κ2) is 7.24. The summed E-state index contributed by atoms with van der Waals surface area (Å²) in [5.41, 5.74) is 0. The molecule has 0 saturated carbocycles. The molecule has 0 saturated heterocycles. The van der Waals surface area contributed by atoms with Crippen LogP contribution in [0.3, 0.4) is 0 Å². The lowest BCUT2D eigenvalue weighted by Gasteiger charge is -2.12. The zero-order valence-electron chi connectivity index (χ0n) is 14.1. The summed E-state index contributed by atoms with van der Waals surface area (Å²) in [4.78, 5) is 10.3. The maximum Gasteiger partial charge on any atom is 0.241 e. The van der Waals surface area contributed by atoms with E-state index in [9.17, 15) is 8.42 Å². The van der Waals surface area contributed by atoms with Crippen molar-refractivity contribution in [1.82, 2.24) is 14.7 Å². The van der Waals surface area contributed by atoms with E-state index in [2.05, 4.69) is 14.7 Å². The highest BCUT2D eigenvalue weighted by Crippen LogP contribution is 2.31. The van der Waals surface area contributed by atoms with Crippen LogP contribution in [0.2, 0.25) is 0 Å². The normalized spacial score (nSPS) is 14.0. The van der Waals surface area contributed by atoms with Gasteiger partial charge in [0, 0.05) is 32.8 Å². The second-order valence-electron chi connectivity index (χ2n) is 5.71. The van der Waals surface area contributed by atoms with Crippen LogP contribution >= 0.6 is 0 Å². The smallest absolute Gasteiger partial charge is 0.241 e. The molecule has 0 unspecified atom stereocenters. The topological polar surface area (TPSA) is 93.7 Å². The van der Waals surface area contributed by atoms with Crippen molar-refractivity contribution in [2.24, 2.45) is 0 Å². The van der Waals surface area contributed by atoms with Crippen molar-refractivity contribution in [1.29, 1.82) is 0 Å². The van der Waals surface area contributed by atoms with E-state index in [-0.39, 0.29) is 11.4 Å². The van der Waals surface area contributed by atoms with Gasteiger partial charge >= 0.3 is 0 Å². The van der Waals surface area contributed by atoms with Gasteiger partial charge in [0.15, 0.2) is 11.5 Å². The molecule has 9 heteroatoms. The van der Waals surface area contributed by atoms with Crippen molar-refractivity contribution < 1.29 is 17.9 Å². The summed E-state index contributed by atoms with van der Waals surface area (Å²) < 4.78 is 38.6. The number of fused-ring (bicyclic) bond motifs is 1. The predicted molar refractivity (Wildman–Crippen MR) is 92.4 cm³/mol. The Morgan fingerprint density at radius 2 is 1.92 bits per heavy atom. The predicted octanol–water partition coefficient (Wildman–Crippen LogP) is 1.18. The largest absolute Gasteiger partial charge is 0.490 e. The van der Waals surface area contributed by atoms with E-state index in [4.69, 9.17) is 9.47 Å². The van der Waals surface area contributed by atoms with Crippen LogP contribution in [0.1, 0.15) is 12.2 Å². The molecule has 0 aliphatic carbocycles. The minimum atomic E-state index is -3.72. The fourth-order valence-corrected chi connectivity index (χ4v) is 3.27. The molecule has 3 rings (SSSR count). The Morgan fingerprint density at radius 3 is 2.68 bits per heavy atom. The minimum Gasteiger partial charge on any atom is -0.490 e. The first-order chi connectivity index (χ1) is 12.0. The van der Waals surface area contributed by atoms with Crippen molar-refractivity contribution in [2.45, 2.75) is 17.9 Å². The van der Waals surface area contributed by atoms with Crippen molar-refractivity contribution >= 4 is 15.8 Å². The van der Waals surface area contributed by atoms with E-state index in [0.29, 0.717) is 36.4 Å². The van der Waals surface area contributed by atoms with Gasteiger partial charge < -0.3 is 14.4 Å². The Balaban J connectivity index is 1.76. The van der Waals surface area contributed by atoms with E-state index in [0.717, 1.165) is 6.42 Å². The molecule has 0 amide bonds. The maximum atomic E-state index is 12.5. The van der Waals surface area contributed by atoms with Crippen molar-refractivity contribution in [3.05, 3.63) is 36.3 Å². The van der Waals surface area contributed by atoms with E-state index >= 15 is 0 Å². The Kier molecular flexibility index (Phi) is 5.05. The molecule has 1 aromatic carbocycles. The van der Waals surface area contributed by atoms with E-state index in [1.54, 1.807) is 18.3 Å².